The van der Waals surface area contributed by atoms with Crippen LogP contribution in [-0.4, -0.2) is 44.2 Å². The van der Waals surface area contributed by atoms with Crippen LogP contribution in [0.1, 0.15) is 42.1 Å². The van der Waals surface area contributed by atoms with Crippen molar-refractivity contribution in [3.8, 4) is 6.07 Å². The zero-order chi connectivity index (χ0) is 26.2. The lowest BCUT2D eigenvalue weighted by Gasteiger charge is -2.31. The molecule has 0 amide bonds. The minimum atomic E-state index is -0.235. The second-order valence-electron chi connectivity index (χ2n) is 9.97. The van der Waals surface area contributed by atoms with E-state index in [0.29, 0.717) is 29.8 Å². The number of imidazole rings is 1. The number of aliphatic imine (C=N–C) groups is 1. The predicted octanol–water partition coefficient (Wildman–Crippen LogP) is 3.33. The Bertz CT molecular complexity index is 1660. The van der Waals surface area contributed by atoms with E-state index in [0.717, 1.165) is 59.8 Å². The third-order valence-electron chi connectivity index (χ3n) is 7.46. The average molecular weight is 507 g/mol. The molecule has 192 valence electrons. The van der Waals surface area contributed by atoms with Crippen LogP contribution < -0.4 is 16.2 Å². The van der Waals surface area contributed by atoms with Crippen molar-refractivity contribution in [3.05, 3.63) is 81.3 Å². The van der Waals surface area contributed by atoms with Gasteiger partial charge in [0.25, 0.3) is 5.56 Å². The number of hydrogen-bond donors (Lipinski definition) is 1. The number of fused-ring (bicyclic) bond motifs is 3. The number of aromatic nitrogens is 4. The second kappa shape index (κ2) is 9.88. The first-order valence-corrected chi connectivity index (χ1v) is 13.2. The zero-order valence-corrected chi connectivity index (χ0v) is 21.5. The van der Waals surface area contributed by atoms with Crippen molar-refractivity contribution in [3.63, 3.8) is 0 Å². The minimum Gasteiger partial charge on any atom is -0.341 e. The van der Waals surface area contributed by atoms with E-state index in [-0.39, 0.29) is 24.6 Å². The van der Waals surface area contributed by atoms with E-state index in [4.69, 9.17) is 15.7 Å². The molecule has 1 atom stereocenters. The van der Waals surface area contributed by atoms with Gasteiger partial charge in [0, 0.05) is 37.7 Å². The smallest absolute Gasteiger partial charge is 0.293 e. The first-order chi connectivity index (χ1) is 18.6. The van der Waals surface area contributed by atoms with Gasteiger partial charge in [-0.25, -0.2) is 9.67 Å². The van der Waals surface area contributed by atoms with Crippen LogP contribution in [0.3, 0.4) is 0 Å². The van der Waals surface area contributed by atoms with Crippen molar-refractivity contribution in [1.82, 2.24) is 19.3 Å². The van der Waals surface area contributed by atoms with E-state index in [2.05, 4.69) is 28.2 Å². The summed E-state index contributed by atoms with van der Waals surface area (Å²) in [6, 6.07) is 18.5. The number of rotatable bonds is 5. The maximum absolute atomic E-state index is 14.0. The van der Waals surface area contributed by atoms with Crippen molar-refractivity contribution in [2.24, 2.45) is 10.7 Å². The predicted molar refractivity (Wildman–Crippen MR) is 148 cm³/mol. The van der Waals surface area contributed by atoms with Crippen molar-refractivity contribution >= 4 is 28.4 Å². The summed E-state index contributed by atoms with van der Waals surface area (Å²) >= 11 is 0. The van der Waals surface area contributed by atoms with Crippen LogP contribution >= 0.6 is 0 Å². The zero-order valence-electron chi connectivity index (χ0n) is 21.5. The van der Waals surface area contributed by atoms with E-state index in [1.807, 2.05) is 47.9 Å². The molecule has 1 fully saturated rings. The highest BCUT2D eigenvalue weighted by Gasteiger charge is 2.26. The Labute approximate surface area is 220 Å². The van der Waals surface area contributed by atoms with Crippen molar-refractivity contribution in [2.75, 3.05) is 18.0 Å². The molecule has 2 aromatic heterocycles. The molecule has 38 heavy (non-hydrogen) atoms. The molecule has 0 aliphatic carbocycles. The lowest BCUT2D eigenvalue weighted by molar-refractivity contribution is 0.494. The maximum Gasteiger partial charge on any atom is 0.293 e. The monoisotopic (exact) mass is 506 g/mol. The maximum atomic E-state index is 14.0. The fourth-order valence-electron chi connectivity index (χ4n) is 5.65. The summed E-state index contributed by atoms with van der Waals surface area (Å²) in [6.07, 6.45) is 2.78. The standard InChI is InChI=1S/C29H30N8O/c1-2-36-27-26(33-29(36)35-15-7-10-21(31)17-35)24(13-14-30)34-37(28(27)38)18-25-22-11-5-3-8-19(22)16-20-9-4-6-12-23(20)32-25/h3-6,8-9,11-12,21H,2,7,10,13,15-18,31H2,1H3. The first kappa shape index (κ1) is 24.1. The van der Waals surface area contributed by atoms with Crippen molar-refractivity contribution in [1.29, 1.82) is 5.26 Å². The summed E-state index contributed by atoms with van der Waals surface area (Å²) in [5.74, 6) is 0.722. The van der Waals surface area contributed by atoms with Crippen molar-refractivity contribution in [2.45, 2.75) is 51.7 Å². The molecule has 9 heteroatoms. The Morgan fingerprint density at radius 3 is 2.71 bits per heavy atom. The van der Waals surface area contributed by atoms with Gasteiger partial charge in [-0.2, -0.15) is 10.4 Å². The second-order valence-corrected chi connectivity index (χ2v) is 9.97. The molecule has 9 nitrogen and oxygen atoms in total. The molecule has 2 aliphatic rings. The molecule has 1 saturated heterocycles. The summed E-state index contributed by atoms with van der Waals surface area (Å²) in [6.45, 7) is 4.29. The first-order valence-electron chi connectivity index (χ1n) is 13.2. The van der Waals surface area contributed by atoms with Gasteiger partial charge < -0.3 is 15.2 Å². The van der Waals surface area contributed by atoms with Gasteiger partial charge in [-0.05, 0) is 37.0 Å². The van der Waals surface area contributed by atoms with E-state index in [1.54, 1.807) is 0 Å². The number of nitrogens with zero attached hydrogens (tertiary/aromatic N) is 7. The fraction of sp³-hybridized carbons (Fsp3) is 0.345. The number of nitrogens with two attached hydrogens (primary N) is 1. The number of para-hydroxylation sites is 1. The molecule has 1 unspecified atom stereocenters. The molecule has 4 aromatic rings. The van der Waals surface area contributed by atoms with E-state index in [9.17, 15) is 10.1 Å². The molecule has 0 saturated carbocycles. The van der Waals surface area contributed by atoms with Gasteiger partial charge in [0.05, 0.1) is 30.4 Å². The Balaban J connectivity index is 1.52. The summed E-state index contributed by atoms with van der Waals surface area (Å²) in [7, 11) is 0. The van der Waals surface area contributed by atoms with Crippen LogP contribution in [0.15, 0.2) is 58.3 Å². The van der Waals surface area contributed by atoms with Crippen LogP contribution in [0, 0.1) is 11.3 Å². The molecule has 6 rings (SSSR count). The molecular formula is C29H30N8O. The van der Waals surface area contributed by atoms with Gasteiger partial charge in [0.1, 0.15) is 16.7 Å². The van der Waals surface area contributed by atoms with E-state index in [1.165, 1.54) is 4.68 Å². The lowest BCUT2D eigenvalue weighted by Crippen LogP contribution is -2.44. The summed E-state index contributed by atoms with van der Waals surface area (Å²) < 4.78 is 3.41. The normalized spacial score (nSPS) is 16.9. The van der Waals surface area contributed by atoms with Gasteiger partial charge in [0.2, 0.25) is 5.95 Å². The van der Waals surface area contributed by atoms with Crippen LogP contribution in [0.5, 0.6) is 0 Å². The highest BCUT2D eigenvalue weighted by molar-refractivity contribution is 6.04. The number of aryl methyl sites for hydroxylation is 1. The van der Waals surface area contributed by atoms with Crippen LogP contribution in [0.25, 0.3) is 11.0 Å². The largest absolute Gasteiger partial charge is 0.341 e. The molecule has 2 aliphatic heterocycles. The van der Waals surface area contributed by atoms with Crippen LogP contribution in [0.4, 0.5) is 11.6 Å². The number of hydrogen-bond acceptors (Lipinski definition) is 7. The third-order valence-corrected chi connectivity index (χ3v) is 7.46. The Hall–Kier alpha value is -4.29. The number of nitriles is 1. The highest BCUT2D eigenvalue weighted by atomic mass is 16.1. The summed E-state index contributed by atoms with van der Waals surface area (Å²) in [4.78, 5) is 26.0. The van der Waals surface area contributed by atoms with Crippen LogP contribution in [-0.2, 0) is 25.9 Å². The van der Waals surface area contributed by atoms with Crippen LogP contribution in [0.2, 0.25) is 0 Å². The quantitative estimate of drug-likeness (QED) is 0.444. The highest BCUT2D eigenvalue weighted by Crippen LogP contribution is 2.29. The molecule has 4 heterocycles. The number of piperidine rings is 1. The molecule has 0 radical (unpaired) electrons. The van der Waals surface area contributed by atoms with Gasteiger partial charge in [0.15, 0.2) is 0 Å². The molecule has 2 aromatic carbocycles. The topological polar surface area (TPSA) is 118 Å². The van der Waals surface area contributed by atoms with Crippen molar-refractivity contribution < 1.29 is 0 Å². The molecule has 2 N–H and O–H groups in total. The van der Waals surface area contributed by atoms with E-state index < -0.39 is 0 Å². The van der Waals surface area contributed by atoms with Gasteiger partial charge >= 0.3 is 0 Å². The fourth-order valence-corrected chi connectivity index (χ4v) is 5.65. The Kier molecular flexibility index (Phi) is 6.26. The third kappa shape index (κ3) is 4.17. The molecule has 0 spiro atoms. The summed E-state index contributed by atoms with van der Waals surface area (Å²) in [5.41, 5.74) is 12.5. The van der Waals surface area contributed by atoms with Gasteiger partial charge in [-0.3, -0.25) is 9.79 Å². The van der Waals surface area contributed by atoms with Gasteiger partial charge in [-0.15, -0.1) is 0 Å². The number of anilines is 1. The average Bonchev–Trinajstić information content (AvgIpc) is 3.25. The SMILES string of the molecule is CCn1c(N2CCCC(N)C2)nc2c(CC#N)nn(CC3=Nc4ccccc4Cc4ccccc43)c(=O)c21. The van der Waals surface area contributed by atoms with E-state index >= 15 is 0 Å². The molecular weight excluding hydrogens is 476 g/mol. The Morgan fingerprint density at radius 1 is 1.13 bits per heavy atom. The Morgan fingerprint density at radius 2 is 1.92 bits per heavy atom. The molecule has 0 bridgehead atoms. The summed E-state index contributed by atoms with van der Waals surface area (Å²) in [5, 5.41) is 14.3. The minimum absolute atomic E-state index is 0.0579. The van der Waals surface area contributed by atoms with Gasteiger partial charge in [-0.1, -0.05) is 42.5 Å². The lowest BCUT2D eigenvalue weighted by atomic mass is 9.98. The number of benzene rings is 2.